The molecular formula is C56H35ClN2. The summed E-state index contributed by atoms with van der Waals surface area (Å²) in [4.78, 5) is 0. The maximum atomic E-state index is 6.48. The lowest BCUT2D eigenvalue weighted by Crippen LogP contribution is -1.95. The molecule has 2 nitrogen and oxygen atoms in total. The van der Waals surface area contributed by atoms with E-state index < -0.39 is 0 Å². The molecule has 0 aliphatic rings. The smallest absolute Gasteiger partial charge is 0.0541 e. The van der Waals surface area contributed by atoms with Gasteiger partial charge in [-0.05, 0) is 122 Å². The molecule has 0 saturated carbocycles. The molecule has 0 radical (unpaired) electrons. The minimum absolute atomic E-state index is 0.726. The van der Waals surface area contributed by atoms with E-state index in [0.29, 0.717) is 0 Å². The van der Waals surface area contributed by atoms with Gasteiger partial charge in [0.2, 0.25) is 0 Å². The summed E-state index contributed by atoms with van der Waals surface area (Å²) in [6.07, 6.45) is 0. The van der Waals surface area contributed by atoms with Crippen molar-refractivity contribution in [3.8, 4) is 44.8 Å². The number of para-hydroxylation sites is 2. The van der Waals surface area contributed by atoms with Crippen LogP contribution in [0.3, 0.4) is 0 Å². The maximum Gasteiger partial charge on any atom is 0.0541 e. The molecule has 12 rings (SSSR count). The normalized spacial score (nSPS) is 11.8. The van der Waals surface area contributed by atoms with Crippen molar-refractivity contribution in [2.45, 2.75) is 0 Å². The molecule has 0 N–H and O–H groups in total. The molecule has 12 aromatic rings. The van der Waals surface area contributed by atoms with E-state index in [1.54, 1.807) is 0 Å². The van der Waals surface area contributed by atoms with Crippen molar-refractivity contribution >= 4 is 76.8 Å². The van der Waals surface area contributed by atoms with E-state index in [2.05, 4.69) is 203 Å². The van der Waals surface area contributed by atoms with Crippen LogP contribution in [0.1, 0.15) is 0 Å². The van der Waals surface area contributed by atoms with E-state index in [-0.39, 0.29) is 0 Å². The Balaban J connectivity index is 0.990. The van der Waals surface area contributed by atoms with Gasteiger partial charge >= 0.3 is 0 Å². The fourth-order valence-corrected chi connectivity index (χ4v) is 9.79. The van der Waals surface area contributed by atoms with Gasteiger partial charge in [-0.3, -0.25) is 0 Å². The summed E-state index contributed by atoms with van der Waals surface area (Å²) in [5.41, 5.74) is 14.3. The van der Waals surface area contributed by atoms with Gasteiger partial charge in [-0.15, -0.1) is 0 Å². The number of aromatic nitrogens is 2. The van der Waals surface area contributed by atoms with Gasteiger partial charge in [-0.1, -0.05) is 157 Å². The minimum atomic E-state index is 0.726. The van der Waals surface area contributed by atoms with Crippen LogP contribution in [0.25, 0.3) is 110 Å². The van der Waals surface area contributed by atoms with Gasteiger partial charge < -0.3 is 9.13 Å². The summed E-state index contributed by atoms with van der Waals surface area (Å²) in [5, 5.41) is 10.7. The summed E-state index contributed by atoms with van der Waals surface area (Å²) in [7, 11) is 0. The number of rotatable bonds is 5. The summed E-state index contributed by atoms with van der Waals surface area (Å²) >= 11 is 6.48. The van der Waals surface area contributed by atoms with Crippen molar-refractivity contribution in [3.05, 3.63) is 217 Å². The minimum Gasteiger partial charge on any atom is -0.309 e. The third-order valence-corrected chi connectivity index (χ3v) is 12.4. The maximum absolute atomic E-state index is 6.48. The van der Waals surface area contributed by atoms with Gasteiger partial charge in [0.05, 0.1) is 22.1 Å². The Labute approximate surface area is 346 Å². The van der Waals surface area contributed by atoms with Gasteiger partial charge in [0.15, 0.2) is 0 Å². The Bertz CT molecular complexity index is 3550. The van der Waals surface area contributed by atoms with Crippen molar-refractivity contribution < 1.29 is 0 Å². The van der Waals surface area contributed by atoms with E-state index in [4.69, 9.17) is 11.6 Å². The van der Waals surface area contributed by atoms with Crippen molar-refractivity contribution in [2.75, 3.05) is 0 Å². The van der Waals surface area contributed by atoms with E-state index in [1.165, 1.54) is 87.5 Å². The second-order valence-corrected chi connectivity index (χ2v) is 15.8. The second-order valence-electron chi connectivity index (χ2n) is 15.4. The SMILES string of the molecule is Clc1cccc(-n2c3ccccc3c3cc(-c4ccc5c(c4)c4ccccc4n5-c4ccc(-c5c6ccccc6c(-c6ccccc6)c6ccccc56)cc4)ccc32)c1. The van der Waals surface area contributed by atoms with Crippen LogP contribution in [0.4, 0.5) is 0 Å². The molecule has 276 valence electrons. The average Bonchev–Trinajstić information content (AvgIpc) is 3.81. The molecule has 2 aromatic heterocycles. The lowest BCUT2D eigenvalue weighted by molar-refractivity contribution is 1.18. The zero-order valence-electron chi connectivity index (χ0n) is 32.0. The van der Waals surface area contributed by atoms with E-state index in [0.717, 1.165) is 27.4 Å². The van der Waals surface area contributed by atoms with Crippen molar-refractivity contribution in [1.82, 2.24) is 9.13 Å². The average molecular weight is 771 g/mol. The Hall–Kier alpha value is -7.39. The summed E-state index contributed by atoms with van der Waals surface area (Å²) < 4.78 is 4.72. The topological polar surface area (TPSA) is 9.86 Å². The van der Waals surface area contributed by atoms with Crippen LogP contribution in [0, 0.1) is 0 Å². The van der Waals surface area contributed by atoms with E-state index in [1.807, 2.05) is 18.2 Å². The molecule has 0 aliphatic heterocycles. The molecule has 10 aromatic carbocycles. The molecule has 2 heterocycles. The Kier molecular flexibility index (Phi) is 7.63. The predicted octanol–water partition coefficient (Wildman–Crippen LogP) is 15.8. The van der Waals surface area contributed by atoms with Gasteiger partial charge in [0.25, 0.3) is 0 Å². The van der Waals surface area contributed by atoms with Crippen molar-refractivity contribution in [1.29, 1.82) is 0 Å². The van der Waals surface area contributed by atoms with Crippen molar-refractivity contribution in [2.24, 2.45) is 0 Å². The van der Waals surface area contributed by atoms with Crippen LogP contribution < -0.4 is 0 Å². The van der Waals surface area contributed by atoms with Gasteiger partial charge in [0.1, 0.15) is 0 Å². The van der Waals surface area contributed by atoms with Gasteiger partial charge in [0, 0.05) is 37.9 Å². The number of halogens is 1. The predicted molar refractivity (Wildman–Crippen MR) is 251 cm³/mol. The van der Waals surface area contributed by atoms with Crippen LogP contribution in [0.15, 0.2) is 212 Å². The molecular weight excluding hydrogens is 736 g/mol. The number of hydrogen-bond acceptors (Lipinski definition) is 0. The number of fused-ring (bicyclic) bond motifs is 8. The highest BCUT2D eigenvalue weighted by Crippen LogP contribution is 2.44. The molecule has 0 bridgehead atoms. The Morgan fingerprint density at radius 3 is 1.17 bits per heavy atom. The third kappa shape index (κ3) is 5.27. The summed E-state index contributed by atoms with van der Waals surface area (Å²) in [6.45, 7) is 0. The number of hydrogen-bond donors (Lipinski definition) is 0. The first kappa shape index (κ1) is 33.7. The fraction of sp³-hybridized carbons (Fsp3) is 0. The largest absolute Gasteiger partial charge is 0.309 e. The zero-order valence-corrected chi connectivity index (χ0v) is 32.7. The van der Waals surface area contributed by atoms with Crippen LogP contribution >= 0.6 is 11.6 Å². The fourth-order valence-electron chi connectivity index (χ4n) is 9.61. The molecule has 0 amide bonds. The van der Waals surface area contributed by atoms with Crippen LogP contribution in [0.2, 0.25) is 5.02 Å². The molecule has 0 saturated heterocycles. The monoisotopic (exact) mass is 770 g/mol. The first-order chi connectivity index (χ1) is 29.2. The Morgan fingerprint density at radius 2 is 0.661 bits per heavy atom. The van der Waals surface area contributed by atoms with E-state index >= 15 is 0 Å². The summed E-state index contributed by atoms with van der Waals surface area (Å²) in [5.74, 6) is 0. The second kappa shape index (κ2) is 13.3. The third-order valence-electron chi connectivity index (χ3n) is 12.2. The lowest BCUT2D eigenvalue weighted by Gasteiger charge is -2.18. The highest BCUT2D eigenvalue weighted by atomic mass is 35.5. The molecule has 0 aliphatic carbocycles. The van der Waals surface area contributed by atoms with Gasteiger partial charge in [-0.25, -0.2) is 0 Å². The highest BCUT2D eigenvalue weighted by Gasteiger charge is 2.19. The van der Waals surface area contributed by atoms with Crippen LogP contribution in [-0.2, 0) is 0 Å². The first-order valence-electron chi connectivity index (χ1n) is 20.1. The molecule has 59 heavy (non-hydrogen) atoms. The molecule has 0 spiro atoms. The zero-order chi connectivity index (χ0) is 39.0. The van der Waals surface area contributed by atoms with Crippen LogP contribution in [-0.4, -0.2) is 9.13 Å². The van der Waals surface area contributed by atoms with Gasteiger partial charge in [-0.2, -0.15) is 0 Å². The summed E-state index contributed by atoms with van der Waals surface area (Å²) in [6, 6.07) is 77.0. The molecule has 0 unspecified atom stereocenters. The van der Waals surface area contributed by atoms with Crippen LogP contribution in [0.5, 0.6) is 0 Å². The number of nitrogens with zero attached hydrogens (tertiary/aromatic N) is 2. The molecule has 0 fully saturated rings. The van der Waals surface area contributed by atoms with Crippen molar-refractivity contribution in [3.63, 3.8) is 0 Å². The standard InChI is InChI=1S/C56H35ClN2/c57-40-15-12-16-42(35-40)59-52-24-11-9-18-44(52)50-34-39(28-32-54(50)59)38-27-31-53-49(33-38)43-17-8-10-23-51(43)58(53)41-29-25-37(26-30-41)56-47-21-6-4-19-45(47)55(36-13-2-1-3-14-36)46-20-5-7-22-48(46)56/h1-35H. The first-order valence-corrected chi connectivity index (χ1v) is 20.5. The quantitative estimate of drug-likeness (QED) is 0.154. The number of benzene rings is 10. The lowest BCUT2D eigenvalue weighted by atomic mass is 9.86. The van der Waals surface area contributed by atoms with E-state index in [9.17, 15) is 0 Å². The molecule has 3 heteroatoms. The highest BCUT2D eigenvalue weighted by molar-refractivity contribution is 6.30. The Morgan fingerprint density at radius 1 is 0.254 bits per heavy atom. The molecule has 0 atom stereocenters.